The summed E-state index contributed by atoms with van der Waals surface area (Å²) in [7, 11) is 0. The molecule has 0 aliphatic rings. The molecule has 0 amide bonds. The summed E-state index contributed by atoms with van der Waals surface area (Å²) in [6.45, 7) is 11.3. The van der Waals surface area contributed by atoms with Crippen molar-refractivity contribution in [2.45, 2.75) is 33.1 Å². The van der Waals surface area contributed by atoms with Crippen LogP contribution in [0.3, 0.4) is 0 Å². The molecule has 0 radical (unpaired) electrons. The fraction of sp³-hybridized carbons (Fsp3) is 0.250. The first-order valence-electron chi connectivity index (χ1n) is 8.23. The predicted molar refractivity (Wildman–Crippen MR) is 126 cm³/mol. The number of carbonyl (C=O) groups is 1. The quantitative estimate of drug-likeness (QED) is 0.233. The van der Waals surface area contributed by atoms with Crippen LogP contribution in [0.2, 0.25) is 0 Å². The second-order valence-electron chi connectivity index (χ2n) is 7.23. The Labute approximate surface area is 182 Å². The van der Waals surface area contributed by atoms with Crippen LogP contribution in [0, 0.1) is 0 Å². The molecule has 0 aliphatic carbocycles. The summed E-state index contributed by atoms with van der Waals surface area (Å²) in [4.78, 5) is 13.8. The van der Waals surface area contributed by atoms with Crippen LogP contribution in [0.15, 0.2) is 48.6 Å². The van der Waals surface area contributed by atoms with Crippen molar-refractivity contribution in [2.75, 3.05) is 0 Å². The topological polar surface area (TPSA) is 68.0 Å². The number of phenols is 1. The number of Topliss-reactive ketones (excluding diaryl/α,β-unsaturated/α-hetero) is 1. The van der Waals surface area contributed by atoms with Crippen molar-refractivity contribution in [3.63, 3.8) is 0 Å². The number of ketones is 1. The van der Waals surface area contributed by atoms with Gasteiger partial charge in [-0.15, -0.1) is 15.0 Å². The summed E-state index contributed by atoms with van der Waals surface area (Å²) in [5.74, 6) is -0.0884. The molecule has 0 atom stereocenters. The zero-order valence-electron chi connectivity index (χ0n) is 15.6. The van der Waals surface area contributed by atoms with E-state index in [9.17, 15) is 9.90 Å². The minimum Gasteiger partial charge on any atom is -0.505 e. The van der Waals surface area contributed by atoms with Crippen molar-refractivity contribution in [2.24, 2.45) is 0 Å². The SMILES string of the molecule is C=C(C)C(=O)c1cc(-n2nc3ccccc3n2)c(O)c(C(C)(C)C)c1.II. The number of halogens is 2. The zero-order chi connectivity index (χ0) is 20.4. The predicted octanol–water partition coefficient (Wildman–Crippen LogP) is 5.95. The lowest BCUT2D eigenvalue weighted by Crippen LogP contribution is -2.15. The van der Waals surface area contributed by atoms with Crippen LogP contribution in [-0.4, -0.2) is 25.9 Å². The fourth-order valence-electron chi connectivity index (χ4n) is 2.69. The van der Waals surface area contributed by atoms with Crippen LogP contribution >= 0.6 is 37.2 Å². The number of phenolic OH excluding ortho intramolecular Hbond substituents is 1. The van der Waals surface area contributed by atoms with E-state index in [0.29, 0.717) is 22.4 Å². The third-order valence-corrected chi connectivity index (χ3v) is 4.05. The van der Waals surface area contributed by atoms with Gasteiger partial charge in [0.2, 0.25) is 0 Å². The second-order valence-corrected chi connectivity index (χ2v) is 7.23. The van der Waals surface area contributed by atoms with E-state index in [2.05, 4.69) is 54.0 Å². The Balaban J connectivity index is 0.00000126. The number of nitrogens with zero attached hydrogens (tertiary/aromatic N) is 3. The number of aromatic nitrogens is 3. The average Bonchev–Trinajstić information content (AvgIpc) is 3.05. The van der Waals surface area contributed by atoms with Gasteiger partial charge >= 0.3 is 0 Å². The monoisotopic (exact) mass is 589 g/mol. The smallest absolute Gasteiger partial charge is 0.188 e. The van der Waals surface area contributed by atoms with E-state index in [0.717, 1.165) is 11.0 Å². The maximum atomic E-state index is 12.5. The van der Waals surface area contributed by atoms with Crippen LogP contribution < -0.4 is 0 Å². The van der Waals surface area contributed by atoms with Gasteiger partial charge in [0, 0.05) is 48.4 Å². The van der Waals surface area contributed by atoms with Gasteiger partial charge in [0.25, 0.3) is 0 Å². The third-order valence-electron chi connectivity index (χ3n) is 4.05. The molecule has 1 N–H and O–H groups in total. The van der Waals surface area contributed by atoms with Gasteiger partial charge in [-0.3, -0.25) is 4.79 Å². The summed E-state index contributed by atoms with van der Waals surface area (Å²) in [5, 5.41) is 19.7. The van der Waals surface area contributed by atoms with Gasteiger partial charge < -0.3 is 5.11 Å². The molecular formula is C20H21I2N3O2. The van der Waals surface area contributed by atoms with E-state index in [1.54, 1.807) is 19.1 Å². The Morgan fingerprint density at radius 1 is 1.11 bits per heavy atom. The molecule has 1 heterocycles. The Morgan fingerprint density at radius 3 is 2.07 bits per heavy atom. The number of aromatic hydroxyl groups is 1. The summed E-state index contributed by atoms with van der Waals surface area (Å²) < 4.78 is 0. The number of hydrogen-bond acceptors (Lipinski definition) is 4. The van der Waals surface area contributed by atoms with Gasteiger partial charge in [0.1, 0.15) is 22.5 Å². The highest BCUT2D eigenvalue weighted by molar-refractivity contribution is 15.0. The number of fused-ring (bicyclic) bond motifs is 1. The Hall–Kier alpha value is -1.49. The minimum absolute atomic E-state index is 0.0751. The molecule has 0 aliphatic heterocycles. The molecule has 0 fully saturated rings. The molecule has 1 aromatic heterocycles. The molecule has 0 spiro atoms. The number of hydrogen-bond donors (Lipinski definition) is 1. The number of allylic oxidation sites excluding steroid dienone is 1. The molecule has 27 heavy (non-hydrogen) atoms. The van der Waals surface area contributed by atoms with Gasteiger partial charge in [-0.1, -0.05) is 39.5 Å². The van der Waals surface area contributed by atoms with E-state index in [-0.39, 0.29) is 16.9 Å². The molecule has 142 valence electrons. The summed E-state index contributed by atoms with van der Waals surface area (Å²) in [6.07, 6.45) is 0. The standard InChI is InChI=1S/C20H21N3O2.I2/c1-12(2)18(24)13-10-14(20(3,4)5)19(25)17(11-13)23-21-15-8-6-7-9-16(15)22-23;1-2/h6-11,25H,1H2,2-5H3;. The molecule has 0 saturated heterocycles. The van der Waals surface area contributed by atoms with E-state index >= 15 is 0 Å². The van der Waals surface area contributed by atoms with Crippen molar-refractivity contribution in [1.29, 1.82) is 0 Å². The van der Waals surface area contributed by atoms with E-state index < -0.39 is 0 Å². The average molecular weight is 589 g/mol. The Bertz CT molecular complexity index is 971. The first kappa shape index (κ1) is 21.8. The van der Waals surface area contributed by atoms with Crippen molar-refractivity contribution in [3.05, 3.63) is 59.7 Å². The molecule has 0 bridgehead atoms. The lowest BCUT2D eigenvalue weighted by atomic mass is 9.84. The van der Waals surface area contributed by atoms with Crippen LogP contribution in [-0.2, 0) is 5.41 Å². The maximum Gasteiger partial charge on any atom is 0.188 e. The third kappa shape index (κ3) is 4.68. The maximum absolute atomic E-state index is 12.5. The minimum atomic E-state index is -0.350. The van der Waals surface area contributed by atoms with Crippen LogP contribution in [0.5, 0.6) is 5.75 Å². The van der Waals surface area contributed by atoms with Gasteiger partial charge in [-0.05, 0) is 42.2 Å². The molecule has 0 unspecified atom stereocenters. The van der Waals surface area contributed by atoms with Gasteiger partial charge in [-0.25, -0.2) is 0 Å². The lowest BCUT2D eigenvalue weighted by Gasteiger charge is -2.22. The number of rotatable bonds is 3. The van der Waals surface area contributed by atoms with Crippen molar-refractivity contribution in [3.8, 4) is 11.4 Å². The molecule has 5 nitrogen and oxygen atoms in total. The summed E-state index contributed by atoms with van der Waals surface area (Å²) >= 11 is 4.24. The molecule has 3 rings (SSSR count). The van der Waals surface area contributed by atoms with E-state index in [1.165, 1.54) is 4.80 Å². The Morgan fingerprint density at radius 2 is 1.63 bits per heavy atom. The molecular weight excluding hydrogens is 568 g/mol. The lowest BCUT2D eigenvalue weighted by molar-refractivity contribution is 0.103. The van der Waals surface area contributed by atoms with Crippen molar-refractivity contribution in [1.82, 2.24) is 15.0 Å². The van der Waals surface area contributed by atoms with Crippen LogP contribution in [0.4, 0.5) is 0 Å². The van der Waals surface area contributed by atoms with Crippen molar-refractivity contribution >= 4 is 54.0 Å². The number of carbonyl (C=O) groups excluding carboxylic acids is 1. The van der Waals surface area contributed by atoms with Crippen LogP contribution in [0.1, 0.15) is 43.6 Å². The molecule has 0 saturated carbocycles. The highest BCUT2D eigenvalue weighted by atomic mass is 128. The first-order valence-corrected chi connectivity index (χ1v) is 14.5. The van der Waals surface area contributed by atoms with E-state index in [1.807, 2.05) is 45.0 Å². The first-order chi connectivity index (χ1) is 12.7. The molecule has 7 heteroatoms. The zero-order valence-corrected chi connectivity index (χ0v) is 19.9. The highest BCUT2D eigenvalue weighted by Crippen LogP contribution is 2.36. The van der Waals surface area contributed by atoms with Gasteiger partial charge in [0.15, 0.2) is 5.78 Å². The second kappa shape index (κ2) is 8.68. The number of benzene rings is 2. The normalized spacial score (nSPS) is 11.0. The Kier molecular flexibility index (Phi) is 7.01. The van der Waals surface area contributed by atoms with Gasteiger partial charge in [0.05, 0.1) is 0 Å². The fourth-order valence-corrected chi connectivity index (χ4v) is 2.69. The largest absolute Gasteiger partial charge is 0.505 e. The van der Waals surface area contributed by atoms with Crippen molar-refractivity contribution < 1.29 is 9.90 Å². The highest BCUT2D eigenvalue weighted by Gasteiger charge is 2.25. The molecule has 2 aromatic carbocycles. The van der Waals surface area contributed by atoms with Crippen LogP contribution in [0.25, 0.3) is 16.7 Å². The van der Waals surface area contributed by atoms with Gasteiger partial charge in [-0.2, -0.15) is 0 Å². The summed E-state index contributed by atoms with van der Waals surface area (Å²) in [6, 6.07) is 10.8. The van der Waals surface area contributed by atoms with E-state index in [4.69, 9.17) is 0 Å². The summed E-state index contributed by atoms with van der Waals surface area (Å²) in [5.41, 5.74) is 3.04. The molecule has 3 aromatic rings.